The molecule has 0 fully saturated rings. The molecule has 0 aromatic rings. The average Bonchev–Trinajstić information content (AvgIpc) is 1.87. The van der Waals surface area contributed by atoms with Crippen molar-refractivity contribution in [3.8, 4) is 0 Å². The van der Waals surface area contributed by atoms with Gasteiger partial charge in [0.05, 0.1) is 4.48 Å². The summed E-state index contributed by atoms with van der Waals surface area (Å²) in [5, 5.41) is -0.137. The number of aldehydes is 1. The molecule has 4 heteroatoms. The van der Waals surface area contributed by atoms with Crippen molar-refractivity contribution in [1.29, 1.82) is 0 Å². The van der Waals surface area contributed by atoms with E-state index in [-0.39, 0.29) is 5.12 Å². The lowest BCUT2D eigenvalue weighted by Crippen LogP contribution is -1.87. The molecule has 0 aromatic carbocycles. The highest BCUT2D eigenvalue weighted by molar-refractivity contribution is 9.12. The first-order valence-corrected chi connectivity index (χ1v) is 4.13. The van der Waals surface area contributed by atoms with E-state index < -0.39 is 0 Å². The highest BCUT2D eigenvalue weighted by Gasteiger charge is 2.00. The number of carbonyl (C=O) groups excluding carboxylic acids is 2. The van der Waals surface area contributed by atoms with E-state index in [2.05, 4.69) is 15.9 Å². The van der Waals surface area contributed by atoms with Crippen LogP contribution in [0.2, 0.25) is 0 Å². The molecule has 0 spiro atoms. The molecule has 0 heterocycles. The lowest BCUT2D eigenvalue weighted by molar-refractivity contribution is -0.108. The van der Waals surface area contributed by atoms with Crippen LogP contribution in [0, 0.1) is 0 Å². The van der Waals surface area contributed by atoms with Gasteiger partial charge in [-0.1, -0.05) is 11.8 Å². The minimum absolute atomic E-state index is 0.137. The molecule has 50 valence electrons. The van der Waals surface area contributed by atoms with Crippen molar-refractivity contribution in [2.24, 2.45) is 0 Å². The number of carbonyl (C=O) groups is 2. The molecule has 0 rings (SSSR count). The molecule has 0 N–H and O–H groups in total. The summed E-state index contributed by atoms with van der Waals surface area (Å²) in [6, 6.07) is 0. The molecule has 0 aliphatic carbocycles. The van der Waals surface area contributed by atoms with Crippen molar-refractivity contribution in [2.45, 2.75) is 0 Å². The number of allylic oxidation sites excluding steroid dienone is 1. The van der Waals surface area contributed by atoms with Crippen molar-refractivity contribution in [1.82, 2.24) is 0 Å². The Hall–Kier alpha value is -0.0900. The van der Waals surface area contributed by atoms with Crippen molar-refractivity contribution >= 4 is 39.1 Å². The summed E-state index contributed by atoms with van der Waals surface area (Å²) in [7, 11) is 0. The summed E-state index contributed by atoms with van der Waals surface area (Å²) in [6.45, 7) is 0. The van der Waals surface area contributed by atoms with Crippen LogP contribution in [0.15, 0.2) is 10.6 Å². The molecule has 0 unspecified atom stereocenters. The summed E-state index contributed by atoms with van der Waals surface area (Å²) >= 11 is 3.98. The van der Waals surface area contributed by atoms with E-state index in [0.29, 0.717) is 10.8 Å². The van der Waals surface area contributed by atoms with E-state index in [1.165, 1.54) is 6.08 Å². The highest BCUT2D eigenvalue weighted by Crippen LogP contribution is 2.12. The molecule has 0 aromatic heterocycles. The standard InChI is InChI=1S/C5H5BrO2S/c1-9-5(8)4(6)2-3-7/h2-3H,1H3/b4-2+. The Balaban J connectivity index is 4.01. The zero-order valence-corrected chi connectivity index (χ0v) is 7.16. The Kier molecular flexibility index (Phi) is 4.71. The molecule has 0 aliphatic heterocycles. The minimum Gasteiger partial charge on any atom is -0.299 e. The summed E-state index contributed by atoms with van der Waals surface area (Å²) in [4.78, 5) is 20.4. The number of halogens is 1. The van der Waals surface area contributed by atoms with E-state index in [1.807, 2.05) is 0 Å². The van der Waals surface area contributed by atoms with Gasteiger partial charge in [0.25, 0.3) is 0 Å². The van der Waals surface area contributed by atoms with E-state index in [9.17, 15) is 9.59 Å². The maximum Gasteiger partial charge on any atom is 0.226 e. The zero-order valence-electron chi connectivity index (χ0n) is 4.76. The number of hydrogen-bond donors (Lipinski definition) is 0. The third-order valence-electron chi connectivity index (χ3n) is 0.595. The molecule has 0 bridgehead atoms. The first-order valence-electron chi connectivity index (χ1n) is 2.11. The minimum atomic E-state index is -0.137. The zero-order chi connectivity index (χ0) is 7.28. The Labute approximate surface area is 65.8 Å². The number of thioether (sulfide) groups is 1. The van der Waals surface area contributed by atoms with Crippen molar-refractivity contribution < 1.29 is 9.59 Å². The van der Waals surface area contributed by atoms with Crippen LogP contribution >= 0.6 is 27.7 Å². The second-order valence-corrected chi connectivity index (χ2v) is 2.78. The lowest BCUT2D eigenvalue weighted by Gasteiger charge is -1.87. The summed E-state index contributed by atoms with van der Waals surface area (Å²) in [6.07, 6.45) is 3.40. The molecule has 0 amide bonds. The van der Waals surface area contributed by atoms with Gasteiger partial charge in [0.15, 0.2) is 0 Å². The monoisotopic (exact) mass is 208 g/mol. The molecule has 0 aliphatic rings. The van der Waals surface area contributed by atoms with Crippen molar-refractivity contribution in [3.05, 3.63) is 10.6 Å². The van der Waals surface area contributed by atoms with Crippen molar-refractivity contribution in [2.75, 3.05) is 6.26 Å². The predicted octanol–water partition coefficient (Wildman–Crippen LogP) is 1.35. The van der Waals surface area contributed by atoms with E-state index in [1.54, 1.807) is 6.26 Å². The molecular formula is C5H5BrO2S. The van der Waals surface area contributed by atoms with Crippen LogP contribution < -0.4 is 0 Å². The Morgan fingerprint density at radius 2 is 2.22 bits per heavy atom. The quantitative estimate of drug-likeness (QED) is 0.508. The second-order valence-electron chi connectivity index (χ2n) is 1.14. The summed E-state index contributed by atoms with van der Waals surface area (Å²) < 4.78 is 0.310. The predicted molar refractivity (Wildman–Crippen MR) is 41.6 cm³/mol. The molecule has 0 atom stereocenters. The third kappa shape index (κ3) is 3.48. The largest absolute Gasteiger partial charge is 0.299 e. The first-order chi connectivity index (χ1) is 4.22. The van der Waals surface area contributed by atoms with Crippen LogP contribution in [-0.2, 0) is 9.59 Å². The van der Waals surface area contributed by atoms with Crippen LogP contribution in [0.25, 0.3) is 0 Å². The maximum absolute atomic E-state index is 10.6. The fraction of sp³-hybridized carbons (Fsp3) is 0.200. The van der Waals surface area contributed by atoms with Gasteiger partial charge in [0.2, 0.25) is 5.12 Å². The van der Waals surface area contributed by atoms with Crippen LogP contribution in [0.1, 0.15) is 0 Å². The van der Waals surface area contributed by atoms with Crippen molar-refractivity contribution in [3.63, 3.8) is 0 Å². The van der Waals surface area contributed by atoms with Crippen LogP contribution in [0.3, 0.4) is 0 Å². The fourth-order valence-electron chi connectivity index (χ4n) is 0.225. The van der Waals surface area contributed by atoms with Gasteiger partial charge < -0.3 is 0 Å². The van der Waals surface area contributed by atoms with Gasteiger partial charge in [-0.25, -0.2) is 0 Å². The Morgan fingerprint density at radius 3 is 2.56 bits per heavy atom. The Morgan fingerprint density at radius 1 is 1.67 bits per heavy atom. The smallest absolute Gasteiger partial charge is 0.226 e. The van der Waals surface area contributed by atoms with E-state index in [0.717, 1.165) is 11.8 Å². The highest BCUT2D eigenvalue weighted by atomic mass is 79.9. The number of hydrogen-bond acceptors (Lipinski definition) is 3. The van der Waals surface area contributed by atoms with Gasteiger partial charge in [0.1, 0.15) is 6.29 Å². The topological polar surface area (TPSA) is 34.1 Å². The molecule has 0 saturated carbocycles. The SMILES string of the molecule is CSC(=O)/C(Br)=C\C=O. The number of rotatable bonds is 2. The summed E-state index contributed by atoms with van der Waals surface area (Å²) in [5.74, 6) is 0. The van der Waals surface area contributed by atoms with Gasteiger partial charge in [-0.2, -0.15) is 0 Å². The first kappa shape index (κ1) is 8.91. The van der Waals surface area contributed by atoms with Gasteiger partial charge in [0, 0.05) is 0 Å². The van der Waals surface area contributed by atoms with Gasteiger partial charge in [-0.3, -0.25) is 9.59 Å². The normalized spacial score (nSPS) is 11.1. The van der Waals surface area contributed by atoms with Gasteiger partial charge >= 0.3 is 0 Å². The molecule has 2 nitrogen and oxygen atoms in total. The second kappa shape index (κ2) is 4.76. The van der Waals surface area contributed by atoms with Gasteiger partial charge in [-0.05, 0) is 28.3 Å². The molecule has 0 radical (unpaired) electrons. The van der Waals surface area contributed by atoms with E-state index in [4.69, 9.17) is 0 Å². The third-order valence-corrected chi connectivity index (χ3v) is 2.07. The fourth-order valence-corrected chi connectivity index (χ4v) is 1.08. The molecule has 0 saturated heterocycles. The van der Waals surface area contributed by atoms with Crippen LogP contribution in [0.5, 0.6) is 0 Å². The maximum atomic E-state index is 10.6. The Bertz CT molecular complexity index is 153. The average molecular weight is 209 g/mol. The van der Waals surface area contributed by atoms with Crippen LogP contribution in [-0.4, -0.2) is 17.7 Å². The molecular weight excluding hydrogens is 204 g/mol. The van der Waals surface area contributed by atoms with Gasteiger partial charge in [-0.15, -0.1) is 0 Å². The summed E-state index contributed by atoms with van der Waals surface area (Å²) in [5.41, 5.74) is 0. The lowest BCUT2D eigenvalue weighted by atomic mass is 10.6. The van der Waals surface area contributed by atoms with Crippen LogP contribution in [0.4, 0.5) is 0 Å². The van der Waals surface area contributed by atoms with E-state index >= 15 is 0 Å². The molecule has 9 heavy (non-hydrogen) atoms.